The first kappa shape index (κ1) is 22.1. The fraction of sp³-hybridized carbons (Fsp3) is 0.550. The lowest BCUT2D eigenvalue weighted by atomic mass is 9.79. The zero-order valence-electron chi connectivity index (χ0n) is 15.7. The van der Waals surface area contributed by atoms with Gasteiger partial charge < -0.3 is 5.11 Å². The van der Waals surface area contributed by atoms with E-state index in [-0.39, 0.29) is 12.3 Å². The summed E-state index contributed by atoms with van der Waals surface area (Å²) >= 11 is 3.36. The van der Waals surface area contributed by atoms with Gasteiger partial charge in [-0.1, -0.05) is 40.9 Å². The molecule has 150 valence electrons. The number of benzene rings is 1. The highest BCUT2D eigenvalue weighted by atomic mass is 79.9. The van der Waals surface area contributed by atoms with E-state index in [2.05, 4.69) is 32.8 Å². The van der Waals surface area contributed by atoms with E-state index in [1.54, 1.807) is 25.1 Å². The molecule has 1 aromatic carbocycles. The highest BCUT2D eigenvalue weighted by Crippen LogP contribution is 2.31. The third kappa shape index (κ3) is 7.05. The monoisotopic (exact) mass is 457 g/mol. The molecule has 7 heteroatoms. The Morgan fingerprint density at radius 1 is 1.33 bits per heavy atom. The Labute approximate surface area is 170 Å². The lowest BCUT2D eigenvalue weighted by Crippen LogP contribution is -2.34. The number of hydrogen-bond acceptors (Lipinski definition) is 3. The average Bonchev–Trinajstić information content (AvgIpc) is 2.60. The van der Waals surface area contributed by atoms with E-state index in [0.29, 0.717) is 23.8 Å². The number of halogens is 1. The summed E-state index contributed by atoms with van der Waals surface area (Å²) in [4.78, 5) is 10.9. The summed E-state index contributed by atoms with van der Waals surface area (Å²) in [6.45, 7) is 2.23. The Morgan fingerprint density at radius 3 is 2.78 bits per heavy atom. The topological polar surface area (TPSA) is 83.5 Å². The van der Waals surface area contributed by atoms with E-state index < -0.39 is 16.0 Å². The number of aliphatic carboxylic acids is 1. The summed E-state index contributed by atoms with van der Waals surface area (Å²) in [7, 11) is -3.53. The predicted molar refractivity (Wildman–Crippen MR) is 110 cm³/mol. The molecule has 0 spiro atoms. The third-order valence-corrected chi connectivity index (χ3v) is 7.15. The molecule has 0 aliphatic heterocycles. The van der Waals surface area contributed by atoms with Crippen molar-refractivity contribution in [3.05, 3.63) is 40.4 Å². The summed E-state index contributed by atoms with van der Waals surface area (Å²) in [5, 5.41) is 8.69. The van der Waals surface area contributed by atoms with Crippen molar-refractivity contribution in [2.24, 2.45) is 11.8 Å². The van der Waals surface area contributed by atoms with E-state index in [1.165, 1.54) is 0 Å². The number of carboxylic acid groups (broad SMARTS) is 1. The van der Waals surface area contributed by atoms with Gasteiger partial charge in [0, 0.05) is 17.4 Å². The second-order valence-electron chi connectivity index (χ2n) is 7.18. The van der Waals surface area contributed by atoms with E-state index >= 15 is 0 Å². The number of sulfonamides is 1. The van der Waals surface area contributed by atoms with Crippen molar-refractivity contribution >= 4 is 31.9 Å². The fourth-order valence-electron chi connectivity index (χ4n) is 3.59. The van der Waals surface area contributed by atoms with Gasteiger partial charge in [-0.05, 0) is 68.2 Å². The van der Waals surface area contributed by atoms with Gasteiger partial charge in [0.15, 0.2) is 0 Å². The van der Waals surface area contributed by atoms with Crippen molar-refractivity contribution in [2.75, 3.05) is 6.54 Å². The maximum Gasteiger partial charge on any atom is 0.303 e. The van der Waals surface area contributed by atoms with Crippen LogP contribution in [0.15, 0.2) is 39.7 Å². The number of aryl methyl sites for hydroxylation is 1. The van der Waals surface area contributed by atoms with Crippen molar-refractivity contribution in [3.63, 3.8) is 0 Å². The number of unbranched alkanes of at least 4 members (excludes halogenated alkanes) is 1. The van der Waals surface area contributed by atoms with Crippen LogP contribution in [0.3, 0.4) is 0 Å². The van der Waals surface area contributed by atoms with Gasteiger partial charge in [-0.25, -0.2) is 13.1 Å². The van der Waals surface area contributed by atoms with Gasteiger partial charge in [-0.2, -0.15) is 0 Å². The van der Waals surface area contributed by atoms with Crippen molar-refractivity contribution in [1.82, 2.24) is 4.72 Å². The van der Waals surface area contributed by atoms with E-state index in [9.17, 15) is 13.2 Å². The molecule has 1 saturated carbocycles. The molecule has 2 N–H and O–H groups in total. The molecule has 2 atom stereocenters. The van der Waals surface area contributed by atoms with E-state index in [1.807, 2.05) is 0 Å². The van der Waals surface area contributed by atoms with Gasteiger partial charge in [-0.15, -0.1) is 0 Å². The number of carbonyl (C=O) groups is 1. The number of hydrogen-bond donors (Lipinski definition) is 2. The van der Waals surface area contributed by atoms with Gasteiger partial charge in [0.1, 0.15) is 0 Å². The van der Waals surface area contributed by atoms with Crippen LogP contribution in [0.4, 0.5) is 0 Å². The maximum absolute atomic E-state index is 12.7. The average molecular weight is 458 g/mol. The molecule has 2 unspecified atom stereocenters. The van der Waals surface area contributed by atoms with Crippen LogP contribution in [0.1, 0.15) is 50.5 Å². The first-order valence-corrected chi connectivity index (χ1v) is 11.7. The van der Waals surface area contributed by atoms with Crippen LogP contribution in [0.2, 0.25) is 0 Å². The van der Waals surface area contributed by atoms with Gasteiger partial charge in [0.2, 0.25) is 10.0 Å². The van der Waals surface area contributed by atoms with E-state index in [0.717, 1.165) is 42.1 Å². The van der Waals surface area contributed by atoms with Crippen molar-refractivity contribution in [3.8, 4) is 0 Å². The molecular weight excluding hydrogens is 430 g/mol. The van der Waals surface area contributed by atoms with Crippen LogP contribution in [-0.4, -0.2) is 26.0 Å². The van der Waals surface area contributed by atoms with Crippen LogP contribution in [-0.2, 0) is 14.8 Å². The minimum Gasteiger partial charge on any atom is -0.481 e. The number of rotatable bonds is 9. The Bertz CT molecular complexity index is 776. The smallest absolute Gasteiger partial charge is 0.303 e. The highest BCUT2D eigenvalue weighted by Gasteiger charge is 2.25. The van der Waals surface area contributed by atoms with Gasteiger partial charge in [-0.3, -0.25) is 4.79 Å². The SMILES string of the molecule is Cc1cc(Br)ccc1S(=O)(=O)NCC1CCCCC1/C=C\CCCC(=O)O. The molecule has 5 nitrogen and oxygen atoms in total. The number of allylic oxidation sites excluding steroid dienone is 2. The Balaban J connectivity index is 1.95. The molecule has 0 radical (unpaired) electrons. The van der Waals surface area contributed by atoms with Gasteiger partial charge in [0.25, 0.3) is 0 Å². The summed E-state index contributed by atoms with van der Waals surface area (Å²) in [5.41, 5.74) is 0.718. The minimum absolute atomic E-state index is 0.185. The number of carboxylic acids is 1. The van der Waals surface area contributed by atoms with Crippen LogP contribution in [0.25, 0.3) is 0 Å². The maximum atomic E-state index is 12.7. The molecule has 27 heavy (non-hydrogen) atoms. The standard InChI is InChI=1S/C20H28BrNO4S/c1-15-13-18(21)11-12-19(15)27(25,26)22-14-17-9-6-5-8-16(17)7-3-2-4-10-20(23)24/h3,7,11-13,16-17,22H,2,4-6,8-10,14H2,1H3,(H,23,24)/b7-3-. The highest BCUT2D eigenvalue weighted by molar-refractivity contribution is 9.10. The first-order valence-electron chi connectivity index (χ1n) is 9.44. The number of nitrogens with one attached hydrogen (secondary N) is 1. The summed E-state index contributed by atoms with van der Waals surface area (Å²) in [6, 6.07) is 5.17. The summed E-state index contributed by atoms with van der Waals surface area (Å²) in [5.74, 6) is -0.145. The van der Waals surface area contributed by atoms with Crippen molar-refractivity contribution in [2.45, 2.75) is 56.8 Å². The van der Waals surface area contributed by atoms with Crippen molar-refractivity contribution in [1.29, 1.82) is 0 Å². The van der Waals surface area contributed by atoms with E-state index in [4.69, 9.17) is 5.11 Å². The molecule has 0 bridgehead atoms. The lowest BCUT2D eigenvalue weighted by Gasteiger charge is -2.29. The van der Waals surface area contributed by atoms with Crippen molar-refractivity contribution < 1.29 is 18.3 Å². The second kappa shape index (κ2) is 10.4. The minimum atomic E-state index is -3.53. The molecule has 0 amide bonds. The zero-order chi connectivity index (χ0) is 19.9. The molecular formula is C20H28BrNO4S. The molecule has 1 aromatic rings. The van der Waals surface area contributed by atoms with Gasteiger partial charge in [0.05, 0.1) is 4.90 Å². The quantitative estimate of drug-likeness (QED) is 0.417. The van der Waals surface area contributed by atoms with Crippen LogP contribution >= 0.6 is 15.9 Å². The predicted octanol–water partition coefficient (Wildman–Crippen LogP) is 4.65. The Morgan fingerprint density at radius 2 is 2.07 bits per heavy atom. The Kier molecular flexibility index (Phi) is 8.51. The molecule has 0 saturated heterocycles. The molecule has 0 heterocycles. The Hall–Kier alpha value is -1.18. The first-order chi connectivity index (χ1) is 12.8. The summed E-state index contributed by atoms with van der Waals surface area (Å²) in [6.07, 6.45) is 10.1. The fourth-order valence-corrected chi connectivity index (χ4v) is 5.39. The lowest BCUT2D eigenvalue weighted by molar-refractivity contribution is -0.137. The second-order valence-corrected chi connectivity index (χ2v) is 9.84. The molecule has 0 aromatic heterocycles. The molecule has 2 rings (SSSR count). The largest absolute Gasteiger partial charge is 0.481 e. The third-order valence-electron chi connectivity index (χ3n) is 5.07. The van der Waals surface area contributed by atoms with Crippen LogP contribution < -0.4 is 4.72 Å². The molecule has 1 fully saturated rings. The van der Waals surface area contributed by atoms with Crippen LogP contribution in [0.5, 0.6) is 0 Å². The van der Waals surface area contributed by atoms with Crippen LogP contribution in [0, 0.1) is 18.8 Å². The molecule has 1 aliphatic rings. The zero-order valence-corrected chi connectivity index (χ0v) is 18.1. The molecule has 1 aliphatic carbocycles. The normalized spacial score (nSPS) is 20.8. The van der Waals surface area contributed by atoms with Gasteiger partial charge >= 0.3 is 5.97 Å². The summed E-state index contributed by atoms with van der Waals surface area (Å²) < 4.78 is 29.0.